The maximum absolute atomic E-state index is 12.6. The van der Waals surface area contributed by atoms with Gasteiger partial charge in [-0.15, -0.1) is 0 Å². The number of carbonyl (C=O) groups is 1. The number of ether oxygens (including phenoxy) is 1. The first kappa shape index (κ1) is 15.7. The van der Waals surface area contributed by atoms with Gasteiger partial charge in [0.1, 0.15) is 11.9 Å². The lowest BCUT2D eigenvalue weighted by Crippen LogP contribution is -2.36. The predicted octanol–water partition coefficient (Wildman–Crippen LogP) is 5.13. The summed E-state index contributed by atoms with van der Waals surface area (Å²) in [7, 11) is 0. The summed E-state index contributed by atoms with van der Waals surface area (Å²) >= 11 is 0. The van der Waals surface area contributed by atoms with E-state index in [1.807, 2.05) is 30.4 Å². The maximum Gasteiger partial charge on any atom is 0.177 e. The molecule has 2 heteroatoms. The molecule has 0 spiro atoms. The van der Waals surface area contributed by atoms with E-state index in [0.29, 0.717) is 0 Å². The van der Waals surface area contributed by atoms with Crippen molar-refractivity contribution in [3.05, 3.63) is 53.6 Å². The zero-order valence-corrected chi connectivity index (χ0v) is 14.4. The van der Waals surface area contributed by atoms with Crippen molar-refractivity contribution >= 4 is 5.78 Å². The second-order valence-electron chi connectivity index (χ2n) is 7.74. The Kier molecular flexibility index (Phi) is 4.30. The zero-order chi connectivity index (χ0) is 16.5. The van der Waals surface area contributed by atoms with Crippen molar-refractivity contribution in [3.8, 4) is 5.75 Å². The molecule has 1 aliphatic heterocycles. The van der Waals surface area contributed by atoms with Crippen LogP contribution in [-0.2, 0) is 6.42 Å². The van der Waals surface area contributed by atoms with Crippen molar-refractivity contribution in [2.75, 3.05) is 0 Å². The van der Waals surface area contributed by atoms with E-state index in [1.54, 1.807) is 0 Å². The van der Waals surface area contributed by atoms with Crippen LogP contribution in [0.1, 0.15) is 54.9 Å². The molecule has 2 unspecified atom stereocenters. The Morgan fingerprint density at radius 2 is 1.88 bits per heavy atom. The fourth-order valence-electron chi connectivity index (χ4n) is 4.27. The monoisotopic (exact) mass is 322 g/mol. The molecule has 0 bridgehead atoms. The second kappa shape index (κ2) is 6.58. The minimum Gasteiger partial charge on any atom is -0.484 e. The normalized spacial score (nSPS) is 31.3. The molecule has 2 nitrogen and oxygen atoms in total. The molecule has 1 aromatic rings. The SMILES string of the molecule is CC1CCC(CCc2ccc3c(c2)OC2C=CC=CC2C3=O)CC1. The number of rotatable bonds is 3. The van der Waals surface area contributed by atoms with E-state index < -0.39 is 0 Å². The van der Waals surface area contributed by atoms with Gasteiger partial charge in [0.15, 0.2) is 5.78 Å². The fraction of sp³-hybridized carbons (Fsp3) is 0.500. The van der Waals surface area contributed by atoms with Crippen molar-refractivity contribution in [1.29, 1.82) is 0 Å². The molecule has 0 amide bonds. The van der Waals surface area contributed by atoms with Gasteiger partial charge in [-0.2, -0.15) is 0 Å². The van der Waals surface area contributed by atoms with Gasteiger partial charge >= 0.3 is 0 Å². The molecule has 1 heterocycles. The summed E-state index contributed by atoms with van der Waals surface area (Å²) in [5.41, 5.74) is 2.04. The van der Waals surface area contributed by atoms with Crippen LogP contribution in [-0.4, -0.2) is 11.9 Å². The van der Waals surface area contributed by atoms with Crippen LogP contribution in [0.15, 0.2) is 42.5 Å². The number of Topliss-reactive ketones (excluding diaryl/α,β-unsaturated/α-hetero) is 1. The molecule has 24 heavy (non-hydrogen) atoms. The molecule has 2 aliphatic carbocycles. The highest BCUT2D eigenvalue weighted by Crippen LogP contribution is 2.35. The topological polar surface area (TPSA) is 26.3 Å². The lowest BCUT2D eigenvalue weighted by molar-refractivity contribution is 0.0806. The van der Waals surface area contributed by atoms with E-state index in [4.69, 9.17) is 4.74 Å². The van der Waals surface area contributed by atoms with Crippen LogP contribution >= 0.6 is 0 Å². The highest BCUT2D eigenvalue weighted by molar-refractivity contribution is 6.03. The van der Waals surface area contributed by atoms with Gasteiger partial charge in [0.25, 0.3) is 0 Å². The highest BCUT2D eigenvalue weighted by atomic mass is 16.5. The number of carbonyl (C=O) groups excluding carboxylic acids is 1. The summed E-state index contributed by atoms with van der Waals surface area (Å²) in [6.45, 7) is 2.37. The third-order valence-corrected chi connectivity index (χ3v) is 5.94. The molecule has 4 rings (SSSR count). The van der Waals surface area contributed by atoms with E-state index in [1.165, 1.54) is 37.7 Å². The molecule has 0 saturated heterocycles. The average molecular weight is 322 g/mol. The number of aryl methyl sites for hydroxylation is 1. The zero-order valence-electron chi connectivity index (χ0n) is 14.4. The molecule has 1 saturated carbocycles. The number of ketones is 1. The van der Waals surface area contributed by atoms with E-state index in [9.17, 15) is 4.79 Å². The van der Waals surface area contributed by atoms with Gasteiger partial charge < -0.3 is 4.74 Å². The first-order valence-corrected chi connectivity index (χ1v) is 9.39. The molecule has 0 radical (unpaired) electrons. The average Bonchev–Trinajstić information content (AvgIpc) is 2.61. The third-order valence-electron chi connectivity index (χ3n) is 5.94. The second-order valence-corrected chi connectivity index (χ2v) is 7.74. The van der Waals surface area contributed by atoms with Crippen LogP contribution in [0.5, 0.6) is 5.75 Å². The smallest absolute Gasteiger partial charge is 0.177 e. The standard InChI is InChI=1S/C22H26O2/c1-15-6-8-16(9-7-15)10-11-17-12-13-19-21(14-17)24-20-5-3-2-4-18(20)22(19)23/h2-5,12-16,18,20H,6-11H2,1H3. The molecular weight excluding hydrogens is 296 g/mol. The first-order chi connectivity index (χ1) is 11.7. The summed E-state index contributed by atoms with van der Waals surface area (Å²) in [6, 6.07) is 6.19. The van der Waals surface area contributed by atoms with Crippen LogP contribution in [0.25, 0.3) is 0 Å². The number of hydrogen-bond donors (Lipinski definition) is 0. The Bertz CT molecular complexity index is 677. The molecule has 1 aromatic carbocycles. The predicted molar refractivity (Wildman–Crippen MR) is 96.4 cm³/mol. The van der Waals surface area contributed by atoms with Crippen molar-refractivity contribution in [2.24, 2.45) is 17.8 Å². The quantitative estimate of drug-likeness (QED) is 0.771. The Morgan fingerprint density at radius 3 is 2.71 bits per heavy atom. The molecule has 126 valence electrons. The van der Waals surface area contributed by atoms with Crippen molar-refractivity contribution in [2.45, 2.75) is 51.6 Å². The molecule has 0 aromatic heterocycles. The number of hydrogen-bond acceptors (Lipinski definition) is 2. The largest absolute Gasteiger partial charge is 0.484 e. The maximum atomic E-state index is 12.6. The summed E-state index contributed by atoms with van der Waals surface area (Å²) in [5.74, 6) is 2.59. The Labute approximate surface area is 144 Å². The van der Waals surface area contributed by atoms with E-state index in [2.05, 4.69) is 19.1 Å². The summed E-state index contributed by atoms with van der Waals surface area (Å²) in [5, 5.41) is 0. The Morgan fingerprint density at radius 1 is 1.08 bits per heavy atom. The van der Waals surface area contributed by atoms with Crippen molar-refractivity contribution in [3.63, 3.8) is 0 Å². The van der Waals surface area contributed by atoms with Crippen LogP contribution in [0.2, 0.25) is 0 Å². The van der Waals surface area contributed by atoms with Gasteiger partial charge in [0, 0.05) is 0 Å². The lowest BCUT2D eigenvalue weighted by Gasteiger charge is -2.30. The van der Waals surface area contributed by atoms with Gasteiger partial charge in [-0.1, -0.05) is 56.9 Å². The number of benzene rings is 1. The van der Waals surface area contributed by atoms with E-state index in [0.717, 1.165) is 29.6 Å². The van der Waals surface area contributed by atoms with Crippen LogP contribution in [0, 0.1) is 17.8 Å². The van der Waals surface area contributed by atoms with Gasteiger partial charge in [0.05, 0.1) is 11.5 Å². The molecule has 2 atom stereocenters. The minimum atomic E-state index is -0.155. The lowest BCUT2D eigenvalue weighted by atomic mass is 9.80. The van der Waals surface area contributed by atoms with Crippen LogP contribution in [0.3, 0.4) is 0 Å². The van der Waals surface area contributed by atoms with Gasteiger partial charge in [0.2, 0.25) is 0 Å². The third kappa shape index (κ3) is 3.07. The molecule has 1 fully saturated rings. The Hall–Kier alpha value is -1.83. The molecular formula is C22H26O2. The Balaban J connectivity index is 1.45. The van der Waals surface area contributed by atoms with Crippen molar-refractivity contribution < 1.29 is 9.53 Å². The summed E-state index contributed by atoms with van der Waals surface area (Å²) in [6.07, 6.45) is 15.6. The summed E-state index contributed by atoms with van der Waals surface area (Å²) < 4.78 is 6.09. The fourth-order valence-corrected chi connectivity index (χ4v) is 4.27. The summed E-state index contributed by atoms with van der Waals surface area (Å²) in [4.78, 5) is 12.6. The van der Waals surface area contributed by atoms with Crippen LogP contribution in [0.4, 0.5) is 0 Å². The van der Waals surface area contributed by atoms with Gasteiger partial charge in [-0.25, -0.2) is 0 Å². The van der Waals surface area contributed by atoms with Crippen molar-refractivity contribution in [1.82, 2.24) is 0 Å². The number of fused-ring (bicyclic) bond motifs is 2. The van der Waals surface area contributed by atoms with E-state index in [-0.39, 0.29) is 17.8 Å². The van der Waals surface area contributed by atoms with Gasteiger partial charge in [-0.05, 0) is 48.4 Å². The van der Waals surface area contributed by atoms with Crippen LogP contribution < -0.4 is 4.74 Å². The highest BCUT2D eigenvalue weighted by Gasteiger charge is 2.35. The minimum absolute atomic E-state index is 0.134. The van der Waals surface area contributed by atoms with E-state index >= 15 is 0 Å². The molecule has 3 aliphatic rings. The van der Waals surface area contributed by atoms with Gasteiger partial charge in [-0.3, -0.25) is 4.79 Å². The number of allylic oxidation sites excluding steroid dienone is 2. The molecule has 0 N–H and O–H groups in total. The first-order valence-electron chi connectivity index (χ1n) is 9.39.